The standard InChI is InChI=1S/C17H22ClN5OS/c1-3-21-7-9-22(10-8-21)16(24)13(2)25-17-20-19-12-23(17)15-6-4-5-14(18)11-15/h4-6,11-13H,3,7-10H2,1-2H3/t13-/m1/s1. The summed E-state index contributed by atoms with van der Waals surface area (Å²) in [7, 11) is 0. The summed E-state index contributed by atoms with van der Waals surface area (Å²) in [6.45, 7) is 8.58. The highest BCUT2D eigenvalue weighted by molar-refractivity contribution is 8.00. The number of piperazine rings is 1. The summed E-state index contributed by atoms with van der Waals surface area (Å²) in [6, 6.07) is 7.50. The van der Waals surface area contributed by atoms with Crippen molar-refractivity contribution in [2.24, 2.45) is 0 Å². The first-order valence-corrected chi connectivity index (χ1v) is 9.68. The van der Waals surface area contributed by atoms with Crippen LogP contribution in [-0.4, -0.2) is 68.4 Å². The second-order valence-electron chi connectivity index (χ2n) is 5.98. The van der Waals surface area contributed by atoms with E-state index in [1.165, 1.54) is 11.8 Å². The highest BCUT2D eigenvalue weighted by Gasteiger charge is 2.26. The van der Waals surface area contributed by atoms with Gasteiger partial charge in [-0.25, -0.2) is 0 Å². The predicted octanol–water partition coefficient (Wildman–Crippen LogP) is 2.57. The molecule has 3 rings (SSSR count). The zero-order chi connectivity index (χ0) is 17.8. The molecule has 25 heavy (non-hydrogen) atoms. The molecule has 2 heterocycles. The van der Waals surface area contributed by atoms with Gasteiger partial charge in [0, 0.05) is 31.2 Å². The van der Waals surface area contributed by atoms with E-state index in [-0.39, 0.29) is 11.2 Å². The molecule has 0 aliphatic carbocycles. The van der Waals surface area contributed by atoms with E-state index in [9.17, 15) is 4.79 Å². The molecule has 1 aromatic carbocycles. The minimum Gasteiger partial charge on any atom is -0.339 e. The third kappa shape index (κ3) is 4.34. The quantitative estimate of drug-likeness (QED) is 0.747. The van der Waals surface area contributed by atoms with Crippen molar-refractivity contribution in [1.82, 2.24) is 24.6 Å². The van der Waals surface area contributed by atoms with Crippen molar-refractivity contribution in [3.63, 3.8) is 0 Å². The van der Waals surface area contributed by atoms with Crippen molar-refractivity contribution in [3.05, 3.63) is 35.6 Å². The first-order chi connectivity index (χ1) is 12.1. The number of nitrogens with zero attached hydrogens (tertiary/aromatic N) is 5. The smallest absolute Gasteiger partial charge is 0.235 e. The van der Waals surface area contributed by atoms with Gasteiger partial charge in [-0.3, -0.25) is 9.36 Å². The fourth-order valence-corrected chi connectivity index (χ4v) is 3.97. The Kier molecular flexibility index (Phi) is 5.98. The molecule has 0 saturated carbocycles. The van der Waals surface area contributed by atoms with Crippen LogP contribution in [0.15, 0.2) is 35.7 Å². The number of hydrogen-bond acceptors (Lipinski definition) is 5. The highest BCUT2D eigenvalue weighted by atomic mass is 35.5. The fraction of sp³-hybridized carbons (Fsp3) is 0.471. The fourth-order valence-electron chi connectivity index (χ4n) is 2.86. The minimum atomic E-state index is -0.213. The van der Waals surface area contributed by atoms with Crippen LogP contribution in [0.25, 0.3) is 5.69 Å². The van der Waals surface area contributed by atoms with Gasteiger partial charge in [-0.05, 0) is 31.7 Å². The Morgan fingerprint density at radius 2 is 2.08 bits per heavy atom. The van der Waals surface area contributed by atoms with Crippen LogP contribution in [0.5, 0.6) is 0 Å². The second kappa shape index (κ2) is 8.21. The number of amides is 1. The number of carbonyl (C=O) groups excluding carboxylic acids is 1. The van der Waals surface area contributed by atoms with Gasteiger partial charge in [0.25, 0.3) is 0 Å². The molecule has 6 nitrogen and oxygen atoms in total. The van der Waals surface area contributed by atoms with Crippen molar-refractivity contribution < 1.29 is 4.79 Å². The molecule has 1 atom stereocenters. The summed E-state index contributed by atoms with van der Waals surface area (Å²) >= 11 is 7.50. The Labute approximate surface area is 157 Å². The maximum absolute atomic E-state index is 12.7. The Bertz CT molecular complexity index is 729. The van der Waals surface area contributed by atoms with E-state index in [1.54, 1.807) is 6.33 Å². The molecular formula is C17H22ClN5OS. The number of thioether (sulfide) groups is 1. The highest BCUT2D eigenvalue weighted by Crippen LogP contribution is 2.26. The van der Waals surface area contributed by atoms with E-state index >= 15 is 0 Å². The molecule has 1 amide bonds. The van der Waals surface area contributed by atoms with Gasteiger partial charge in [-0.15, -0.1) is 10.2 Å². The lowest BCUT2D eigenvalue weighted by molar-refractivity contribution is -0.132. The van der Waals surface area contributed by atoms with E-state index in [0.717, 1.165) is 38.4 Å². The van der Waals surface area contributed by atoms with Crippen molar-refractivity contribution in [3.8, 4) is 5.69 Å². The van der Waals surface area contributed by atoms with E-state index in [0.29, 0.717) is 10.2 Å². The Morgan fingerprint density at radius 3 is 2.76 bits per heavy atom. The number of benzene rings is 1. The van der Waals surface area contributed by atoms with E-state index in [4.69, 9.17) is 11.6 Å². The first kappa shape index (κ1) is 18.2. The molecule has 0 unspecified atom stereocenters. The molecule has 2 aromatic rings. The van der Waals surface area contributed by atoms with Gasteiger partial charge in [0.1, 0.15) is 6.33 Å². The molecule has 8 heteroatoms. The number of aromatic nitrogens is 3. The minimum absolute atomic E-state index is 0.154. The largest absolute Gasteiger partial charge is 0.339 e. The summed E-state index contributed by atoms with van der Waals surface area (Å²) in [5, 5.41) is 9.29. The van der Waals surface area contributed by atoms with Crippen LogP contribution in [-0.2, 0) is 4.79 Å². The van der Waals surface area contributed by atoms with Crippen LogP contribution in [0, 0.1) is 0 Å². The lowest BCUT2D eigenvalue weighted by Gasteiger charge is -2.35. The van der Waals surface area contributed by atoms with E-state index in [2.05, 4.69) is 22.0 Å². The van der Waals surface area contributed by atoms with Crippen LogP contribution in [0.2, 0.25) is 5.02 Å². The van der Waals surface area contributed by atoms with Crippen LogP contribution in [0.1, 0.15) is 13.8 Å². The van der Waals surface area contributed by atoms with E-state index < -0.39 is 0 Å². The predicted molar refractivity (Wildman–Crippen MR) is 100 cm³/mol. The maximum Gasteiger partial charge on any atom is 0.235 e. The van der Waals surface area contributed by atoms with Crippen LogP contribution in [0.3, 0.4) is 0 Å². The molecular weight excluding hydrogens is 358 g/mol. The Balaban J connectivity index is 1.67. The maximum atomic E-state index is 12.7. The van der Waals surface area contributed by atoms with Crippen LogP contribution >= 0.6 is 23.4 Å². The average molecular weight is 380 g/mol. The second-order valence-corrected chi connectivity index (χ2v) is 7.73. The lowest BCUT2D eigenvalue weighted by Crippen LogP contribution is -2.50. The number of halogens is 1. The van der Waals surface area contributed by atoms with Crippen molar-refractivity contribution in [2.45, 2.75) is 24.3 Å². The van der Waals surface area contributed by atoms with Gasteiger partial charge >= 0.3 is 0 Å². The van der Waals surface area contributed by atoms with Gasteiger partial charge in [0.15, 0.2) is 5.16 Å². The van der Waals surface area contributed by atoms with Crippen molar-refractivity contribution in [1.29, 1.82) is 0 Å². The summed E-state index contributed by atoms with van der Waals surface area (Å²) in [6.07, 6.45) is 1.64. The summed E-state index contributed by atoms with van der Waals surface area (Å²) in [5.74, 6) is 0.154. The summed E-state index contributed by atoms with van der Waals surface area (Å²) < 4.78 is 1.86. The average Bonchev–Trinajstić information content (AvgIpc) is 3.09. The number of hydrogen-bond donors (Lipinski definition) is 0. The molecule has 0 N–H and O–H groups in total. The normalized spacial score (nSPS) is 16.8. The molecule has 0 bridgehead atoms. The zero-order valence-corrected chi connectivity index (χ0v) is 16.0. The third-order valence-electron chi connectivity index (χ3n) is 4.36. The molecule has 1 aliphatic heterocycles. The van der Waals surface area contributed by atoms with Gasteiger partial charge < -0.3 is 9.80 Å². The van der Waals surface area contributed by atoms with Crippen LogP contribution in [0.4, 0.5) is 0 Å². The zero-order valence-electron chi connectivity index (χ0n) is 14.4. The number of rotatable bonds is 5. The van der Waals surface area contributed by atoms with Gasteiger partial charge in [-0.1, -0.05) is 36.4 Å². The number of carbonyl (C=O) groups is 1. The monoisotopic (exact) mass is 379 g/mol. The molecule has 1 fully saturated rings. The van der Waals surface area contributed by atoms with E-state index in [1.807, 2.05) is 40.7 Å². The molecule has 1 aromatic heterocycles. The molecule has 0 radical (unpaired) electrons. The molecule has 0 spiro atoms. The van der Waals surface area contributed by atoms with Gasteiger partial charge in [0.05, 0.1) is 10.9 Å². The third-order valence-corrected chi connectivity index (χ3v) is 5.64. The number of likely N-dealkylation sites (N-methyl/N-ethyl adjacent to an activating group) is 1. The van der Waals surface area contributed by atoms with Crippen molar-refractivity contribution >= 4 is 29.3 Å². The molecule has 134 valence electrons. The Hall–Kier alpha value is -1.57. The van der Waals surface area contributed by atoms with Gasteiger partial charge in [-0.2, -0.15) is 0 Å². The molecule has 1 aliphatic rings. The van der Waals surface area contributed by atoms with Gasteiger partial charge in [0.2, 0.25) is 5.91 Å². The summed E-state index contributed by atoms with van der Waals surface area (Å²) in [5.41, 5.74) is 0.885. The first-order valence-electron chi connectivity index (χ1n) is 8.42. The SMILES string of the molecule is CCN1CCN(C(=O)[C@@H](C)Sc2nncn2-c2cccc(Cl)c2)CC1. The van der Waals surface area contributed by atoms with Crippen molar-refractivity contribution in [2.75, 3.05) is 32.7 Å². The Morgan fingerprint density at radius 1 is 1.32 bits per heavy atom. The molecule has 1 saturated heterocycles. The summed E-state index contributed by atoms with van der Waals surface area (Å²) in [4.78, 5) is 17.0. The van der Waals surface area contributed by atoms with Crippen LogP contribution < -0.4 is 0 Å². The topological polar surface area (TPSA) is 54.3 Å². The lowest BCUT2D eigenvalue weighted by atomic mass is 10.3.